The molecular weight excluding hydrogens is 396 g/mol. The van der Waals surface area contributed by atoms with Crippen molar-refractivity contribution in [3.8, 4) is 0 Å². The summed E-state index contributed by atoms with van der Waals surface area (Å²) >= 11 is 0. The molecule has 2 heterocycles. The zero-order chi connectivity index (χ0) is 22.0. The van der Waals surface area contributed by atoms with E-state index in [1.165, 1.54) is 0 Å². The third-order valence-corrected chi connectivity index (χ3v) is 5.82. The van der Waals surface area contributed by atoms with E-state index in [0.717, 1.165) is 16.7 Å². The van der Waals surface area contributed by atoms with Crippen molar-refractivity contribution >= 4 is 17.4 Å². The Morgan fingerprint density at radius 2 is 1.77 bits per heavy atom. The molecule has 31 heavy (non-hydrogen) atoms. The van der Waals surface area contributed by atoms with Gasteiger partial charge < -0.3 is 25.6 Å². The van der Waals surface area contributed by atoms with Crippen LogP contribution in [0.15, 0.2) is 41.5 Å². The summed E-state index contributed by atoms with van der Waals surface area (Å²) in [7, 11) is 0. The number of aliphatic hydroxyl groups is 2. The Bertz CT molecular complexity index is 984. The summed E-state index contributed by atoms with van der Waals surface area (Å²) in [4.78, 5) is 15.1. The Labute approximate surface area is 181 Å². The standard InChI is InChI=1S/C23H28N4O4/c1-15-10-17-11-18(13-28)19(14-29)12-21(17)22(16-2-4-20(24)5-3-16)25-27(15)23(30)26-6-8-31-9-7-26/h2-5,11-12,15,28-29H,6-10,13-14,24H2,1H3. The minimum Gasteiger partial charge on any atom is -0.399 e. The molecule has 164 valence electrons. The maximum Gasteiger partial charge on any atom is 0.340 e. The minimum absolute atomic E-state index is 0.152. The molecule has 0 aliphatic carbocycles. The fourth-order valence-electron chi connectivity index (χ4n) is 4.07. The SMILES string of the molecule is CC1Cc2cc(CO)c(CO)cc2C(c2ccc(N)cc2)=NN1C(=O)N1CCOCC1. The number of amides is 2. The first-order chi connectivity index (χ1) is 15.0. The smallest absolute Gasteiger partial charge is 0.340 e. The highest BCUT2D eigenvalue weighted by Gasteiger charge is 2.31. The molecular formula is C23H28N4O4. The van der Waals surface area contributed by atoms with Crippen LogP contribution in [0, 0.1) is 0 Å². The van der Waals surface area contributed by atoms with Crippen molar-refractivity contribution in [2.45, 2.75) is 32.6 Å². The highest BCUT2D eigenvalue weighted by atomic mass is 16.5. The molecule has 2 aromatic rings. The highest BCUT2D eigenvalue weighted by Crippen LogP contribution is 2.28. The van der Waals surface area contributed by atoms with Crippen LogP contribution in [0.4, 0.5) is 10.5 Å². The molecule has 0 saturated carbocycles. The molecule has 2 aliphatic heterocycles. The van der Waals surface area contributed by atoms with Gasteiger partial charge in [0.15, 0.2) is 0 Å². The van der Waals surface area contributed by atoms with Gasteiger partial charge in [-0.15, -0.1) is 0 Å². The van der Waals surface area contributed by atoms with Gasteiger partial charge in [0, 0.05) is 29.9 Å². The van der Waals surface area contributed by atoms with Gasteiger partial charge >= 0.3 is 6.03 Å². The summed E-state index contributed by atoms with van der Waals surface area (Å²) < 4.78 is 5.38. The van der Waals surface area contributed by atoms with Gasteiger partial charge in [0.1, 0.15) is 0 Å². The quantitative estimate of drug-likeness (QED) is 0.650. The number of hydrazone groups is 1. The maximum atomic E-state index is 13.3. The fraction of sp³-hybridized carbons (Fsp3) is 0.391. The number of hydrogen-bond donors (Lipinski definition) is 3. The first-order valence-corrected chi connectivity index (χ1v) is 10.5. The van der Waals surface area contributed by atoms with Gasteiger partial charge in [-0.25, -0.2) is 9.80 Å². The van der Waals surface area contributed by atoms with Gasteiger partial charge in [-0.2, -0.15) is 5.10 Å². The second-order valence-corrected chi connectivity index (χ2v) is 7.94. The van der Waals surface area contributed by atoms with Crippen LogP contribution in [0.2, 0.25) is 0 Å². The number of hydrogen-bond acceptors (Lipinski definition) is 6. The van der Waals surface area contributed by atoms with E-state index in [9.17, 15) is 15.0 Å². The van der Waals surface area contributed by atoms with Crippen LogP contribution in [-0.4, -0.2) is 64.2 Å². The van der Waals surface area contributed by atoms with Gasteiger partial charge in [-0.1, -0.05) is 18.2 Å². The Balaban J connectivity index is 1.84. The van der Waals surface area contributed by atoms with Crippen LogP contribution in [0.5, 0.6) is 0 Å². The molecule has 2 aromatic carbocycles. The third kappa shape index (κ3) is 4.27. The summed E-state index contributed by atoms with van der Waals surface area (Å²) in [6.07, 6.45) is 0.575. The molecule has 2 amide bonds. The summed E-state index contributed by atoms with van der Waals surface area (Å²) in [6.45, 7) is 3.71. The summed E-state index contributed by atoms with van der Waals surface area (Å²) in [5.41, 5.74) is 11.1. The largest absolute Gasteiger partial charge is 0.399 e. The van der Waals surface area contributed by atoms with Crippen molar-refractivity contribution in [2.75, 3.05) is 32.0 Å². The van der Waals surface area contributed by atoms with Gasteiger partial charge in [0.05, 0.1) is 38.2 Å². The Hall–Kier alpha value is -2.94. The molecule has 0 radical (unpaired) electrons. The van der Waals surface area contributed by atoms with Crippen molar-refractivity contribution in [2.24, 2.45) is 5.10 Å². The number of anilines is 1. The van der Waals surface area contributed by atoms with Crippen molar-refractivity contribution in [3.05, 3.63) is 64.2 Å². The number of ether oxygens (including phenoxy) is 1. The van der Waals surface area contributed by atoms with E-state index in [0.29, 0.717) is 55.3 Å². The number of morpholine rings is 1. The second-order valence-electron chi connectivity index (χ2n) is 7.94. The maximum absolute atomic E-state index is 13.3. The van der Waals surface area contributed by atoms with E-state index in [1.54, 1.807) is 22.0 Å². The summed E-state index contributed by atoms with van der Waals surface area (Å²) in [6, 6.07) is 10.8. The molecule has 2 aliphatic rings. The predicted molar refractivity (Wildman–Crippen MR) is 118 cm³/mol. The zero-order valence-electron chi connectivity index (χ0n) is 17.6. The number of fused-ring (bicyclic) bond motifs is 1. The lowest BCUT2D eigenvalue weighted by molar-refractivity contribution is 0.0403. The molecule has 4 N–H and O–H groups in total. The molecule has 0 bridgehead atoms. The average Bonchev–Trinajstić information content (AvgIpc) is 2.94. The van der Waals surface area contributed by atoms with Crippen LogP contribution < -0.4 is 5.73 Å². The lowest BCUT2D eigenvalue weighted by Gasteiger charge is -2.33. The van der Waals surface area contributed by atoms with E-state index in [-0.39, 0.29) is 25.3 Å². The van der Waals surface area contributed by atoms with Gasteiger partial charge in [0.25, 0.3) is 0 Å². The first-order valence-electron chi connectivity index (χ1n) is 10.5. The van der Waals surface area contributed by atoms with E-state index in [2.05, 4.69) is 0 Å². The highest BCUT2D eigenvalue weighted by molar-refractivity contribution is 6.14. The summed E-state index contributed by atoms with van der Waals surface area (Å²) in [5, 5.41) is 26.0. The number of nitrogens with two attached hydrogens (primary N) is 1. The number of aliphatic hydroxyl groups excluding tert-OH is 2. The molecule has 4 rings (SSSR count). The third-order valence-electron chi connectivity index (χ3n) is 5.82. The number of carbonyl (C=O) groups excluding carboxylic acids is 1. The van der Waals surface area contributed by atoms with Crippen LogP contribution >= 0.6 is 0 Å². The molecule has 1 fully saturated rings. The minimum atomic E-state index is -0.190. The number of urea groups is 1. The Morgan fingerprint density at radius 3 is 2.42 bits per heavy atom. The van der Waals surface area contributed by atoms with Crippen LogP contribution in [0.3, 0.4) is 0 Å². The molecule has 8 nitrogen and oxygen atoms in total. The van der Waals surface area contributed by atoms with Gasteiger partial charge in [0.2, 0.25) is 0 Å². The van der Waals surface area contributed by atoms with Crippen molar-refractivity contribution < 1.29 is 19.7 Å². The van der Waals surface area contributed by atoms with Crippen molar-refractivity contribution in [1.82, 2.24) is 9.91 Å². The van der Waals surface area contributed by atoms with Crippen LogP contribution in [-0.2, 0) is 24.4 Å². The van der Waals surface area contributed by atoms with Crippen LogP contribution in [0.25, 0.3) is 0 Å². The van der Waals surface area contributed by atoms with Crippen molar-refractivity contribution in [1.29, 1.82) is 0 Å². The number of benzene rings is 2. The van der Waals surface area contributed by atoms with E-state index in [1.807, 2.05) is 31.2 Å². The molecule has 0 aromatic heterocycles. The number of nitrogen functional groups attached to an aromatic ring is 1. The molecule has 0 spiro atoms. The second kappa shape index (κ2) is 9.05. The normalized spacial score (nSPS) is 18.9. The number of nitrogens with zero attached hydrogens (tertiary/aromatic N) is 3. The predicted octanol–water partition coefficient (Wildman–Crippen LogP) is 1.70. The number of rotatable bonds is 3. The monoisotopic (exact) mass is 424 g/mol. The average molecular weight is 425 g/mol. The van der Waals surface area contributed by atoms with Gasteiger partial charge in [-0.05, 0) is 48.2 Å². The fourth-order valence-corrected chi connectivity index (χ4v) is 4.07. The molecule has 8 heteroatoms. The lowest BCUT2D eigenvalue weighted by Crippen LogP contribution is -2.49. The first kappa shape index (κ1) is 21.3. The van der Waals surface area contributed by atoms with Crippen LogP contribution in [0.1, 0.15) is 34.7 Å². The van der Waals surface area contributed by atoms with E-state index >= 15 is 0 Å². The molecule has 1 saturated heterocycles. The van der Waals surface area contributed by atoms with E-state index in [4.69, 9.17) is 15.6 Å². The molecule has 1 atom stereocenters. The topological polar surface area (TPSA) is 112 Å². The van der Waals surface area contributed by atoms with E-state index < -0.39 is 0 Å². The Kier molecular flexibility index (Phi) is 6.22. The van der Waals surface area contributed by atoms with Gasteiger partial charge in [-0.3, -0.25) is 0 Å². The lowest BCUT2D eigenvalue weighted by atomic mass is 9.90. The Morgan fingerprint density at radius 1 is 1.13 bits per heavy atom. The number of carbonyl (C=O) groups is 1. The molecule has 1 unspecified atom stereocenters. The zero-order valence-corrected chi connectivity index (χ0v) is 17.6. The summed E-state index contributed by atoms with van der Waals surface area (Å²) in [5.74, 6) is 0. The van der Waals surface area contributed by atoms with Crippen molar-refractivity contribution in [3.63, 3.8) is 0 Å².